The third-order valence-corrected chi connectivity index (χ3v) is 11.2. The van der Waals surface area contributed by atoms with Crippen LogP contribution >= 0.6 is 27.3 Å². The number of carboxylic acids is 2. The molecule has 0 aromatic carbocycles. The number of hydrogen-bond acceptors (Lipinski definition) is 11. The smallest absolute Gasteiger partial charge is 0.414 e. The van der Waals surface area contributed by atoms with E-state index in [0.29, 0.717) is 62.6 Å². The van der Waals surface area contributed by atoms with Crippen molar-refractivity contribution in [3.8, 4) is 0 Å². The molecule has 2 N–H and O–H groups in total. The zero-order chi connectivity index (χ0) is 37.2. The minimum Gasteiger partial charge on any atom is -0.473 e. The van der Waals surface area contributed by atoms with E-state index in [1.807, 2.05) is 0 Å². The lowest BCUT2D eigenvalue weighted by Gasteiger charge is -2.38. The van der Waals surface area contributed by atoms with Crippen LogP contribution in [0.5, 0.6) is 0 Å². The van der Waals surface area contributed by atoms with Crippen molar-refractivity contribution >= 4 is 39.2 Å². The van der Waals surface area contributed by atoms with E-state index in [0.717, 1.165) is 76.1 Å². The highest BCUT2D eigenvalue weighted by Crippen LogP contribution is 2.37. The molecule has 3 aromatic heterocycles. The van der Waals surface area contributed by atoms with Crippen LogP contribution in [0.2, 0.25) is 0 Å². The number of aliphatic carboxylic acids is 2. The number of carbonyl (C=O) groups is 2. The van der Waals surface area contributed by atoms with Gasteiger partial charge in [0.2, 0.25) is 0 Å². The SMILES string of the molecule is O=C(O)C(=O)O.O=c1nc2n(c(=O)n1CCCBr)CCCC2.O=c1nc2n(c(=O)n1CCCN1C3CCC1CC(OCc1ccsc1)C3)CCCC2. The zero-order valence-electron chi connectivity index (χ0n) is 29.1. The number of nitrogens with zero attached hydrogens (tertiary/aromatic N) is 7. The summed E-state index contributed by atoms with van der Waals surface area (Å²) in [5.74, 6) is -2.34. The van der Waals surface area contributed by atoms with E-state index < -0.39 is 17.6 Å². The molecule has 2 unspecified atom stereocenters. The fourth-order valence-electron chi connectivity index (χ4n) is 7.40. The molecule has 2 bridgehead atoms. The first-order valence-electron chi connectivity index (χ1n) is 17.9. The molecule has 4 aliphatic rings. The Balaban J connectivity index is 0.000000198. The van der Waals surface area contributed by atoms with Crippen LogP contribution in [0.15, 0.2) is 36.0 Å². The van der Waals surface area contributed by atoms with Crippen molar-refractivity contribution in [2.75, 3.05) is 11.9 Å². The van der Waals surface area contributed by atoms with Gasteiger partial charge in [0.1, 0.15) is 11.6 Å². The maximum absolute atomic E-state index is 12.7. The lowest BCUT2D eigenvalue weighted by Crippen LogP contribution is -2.47. The molecule has 2 fully saturated rings. The number of ether oxygens (including phenoxy) is 1. The van der Waals surface area contributed by atoms with E-state index in [2.05, 4.69) is 47.6 Å². The molecule has 0 amide bonds. The molecule has 0 spiro atoms. The van der Waals surface area contributed by atoms with Gasteiger partial charge in [0.15, 0.2) is 0 Å². The Kier molecular flexibility index (Phi) is 14.3. The third-order valence-electron chi connectivity index (χ3n) is 9.93. The average molecular weight is 809 g/mol. The van der Waals surface area contributed by atoms with Crippen LogP contribution in [0, 0.1) is 0 Å². The Morgan fingerprint density at radius 2 is 1.35 bits per heavy atom. The molecule has 52 heavy (non-hydrogen) atoms. The molecule has 0 aliphatic carbocycles. The van der Waals surface area contributed by atoms with Gasteiger partial charge in [-0.05, 0) is 86.6 Å². The van der Waals surface area contributed by atoms with Gasteiger partial charge in [-0.2, -0.15) is 21.3 Å². The van der Waals surface area contributed by atoms with Crippen molar-refractivity contribution in [3.63, 3.8) is 0 Å². The highest BCUT2D eigenvalue weighted by Gasteiger charge is 2.40. The van der Waals surface area contributed by atoms with Crippen LogP contribution in [-0.2, 0) is 60.0 Å². The summed E-state index contributed by atoms with van der Waals surface area (Å²) < 4.78 is 12.1. The van der Waals surface area contributed by atoms with Gasteiger partial charge in [-0.1, -0.05) is 15.9 Å². The molecular weight excluding hydrogens is 762 g/mol. The van der Waals surface area contributed by atoms with Crippen molar-refractivity contribution in [1.82, 2.24) is 33.1 Å². The molecule has 0 radical (unpaired) electrons. The lowest BCUT2D eigenvalue weighted by molar-refractivity contribution is -0.159. The van der Waals surface area contributed by atoms with Gasteiger partial charge in [0.05, 0.1) is 12.7 Å². The second-order valence-electron chi connectivity index (χ2n) is 13.4. The molecular formula is C34H46BrN7O9S. The standard InChI is InChI=1S/C22H30N4O3S.C10H14BrN3O2.C2H2O4/c27-21-23-20-4-1-2-8-25(20)22(28)26(21)10-3-9-24-17-5-6-18(24)13-19(12-17)29-14-16-7-11-30-15-16;11-5-3-7-14-9(15)12-8-4-1-2-6-13(8)10(14)16;3-1(4)2(5)6/h7,11,15,17-19H,1-6,8-10,12-14H2;1-7H2;(H,3,4)(H,5,6). The molecule has 284 valence electrons. The van der Waals surface area contributed by atoms with E-state index in [-0.39, 0.29) is 17.1 Å². The summed E-state index contributed by atoms with van der Waals surface area (Å²) in [7, 11) is 0. The summed E-state index contributed by atoms with van der Waals surface area (Å²) in [6, 6.07) is 3.26. The second-order valence-corrected chi connectivity index (χ2v) is 14.9. The monoisotopic (exact) mass is 807 g/mol. The van der Waals surface area contributed by atoms with Crippen LogP contribution in [-0.4, -0.2) is 85.4 Å². The van der Waals surface area contributed by atoms with Crippen molar-refractivity contribution in [3.05, 3.63) is 76.0 Å². The summed E-state index contributed by atoms with van der Waals surface area (Å²) in [4.78, 5) is 77.7. The molecule has 4 aliphatic heterocycles. The van der Waals surface area contributed by atoms with E-state index in [9.17, 15) is 19.2 Å². The Morgan fingerprint density at radius 3 is 1.83 bits per heavy atom. The maximum Gasteiger partial charge on any atom is 0.414 e. The van der Waals surface area contributed by atoms with Crippen LogP contribution < -0.4 is 22.8 Å². The molecule has 0 saturated carbocycles. The van der Waals surface area contributed by atoms with E-state index in [1.54, 1.807) is 20.5 Å². The number of rotatable bonds is 10. The molecule has 18 heteroatoms. The predicted octanol–water partition coefficient (Wildman–Crippen LogP) is 2.09. The fourth-order valence-corrected chi connectivity index (χ4v) is 8.31. The molecule has 16 nitrogen and oxygen atoms in total. The van der Waals surface area contributed by atoms with Crippen molar-refractivity contribution in [2.24, 2.45) is 0 Å². The summed E-state index contributed by atoms with van der Waals surface area (Å²) in [5, 5.41) is 19.8. The number of hydrogen-bond donors (Lipinski definition) is 2. The third kappa shape index (κ3) is 10.0. The molecule has 2 atom stereocenters. The topological polar surface area (TPSA) is 201 Å². The highest BCUT2D eigenvalue weighted by molar-refractivity contribution is 9.09. The normalized spacial score (nSPS) is 20.4. The first-order valence-corrected chi connectivity index (χ1v) is 20.0. The van der Waals surface area contributed by atoms with Crippen molar-refractivity contribution < 1.29 is 24.5 Å². The number of alkyl halides is 1. The number of thiophene rings is 1. The summed E-state index contributed by atoms with van der Waals surface area (Å²) in [6.45, 7) is 3.92. The predicted molar refractivity (Wildman–Crippen MR) is 195 cm³/mol. The quantitative estimate of drug-likeness (QED) is 0.224. The minimum atomic E-state index is -1.82. The average Bonchev–Trinajstić information content (AvgIpc) is 3.74. The van der Waals surface area contributed by atoms with E-state index in [1.165, 1.54) is 27.5 Å². The number of aromatic nitrogens is 6. The maximum atomic E-state index is 12.7. The largest absolute Gasteiger partial charge is 0.473 e. The summed E-state index contributed by atoms with van der Waals surface area (Å²) in [5.41, 5.74) is 0.116. The number of aryl methyl sites for hydroxylation is 2. The number of piperidine rings is 1. The van der Waals surface area contributed by atoms with Crippen molar-refractivity contribution in [1.29, 1.82) is 0 Å². The molecule has 7 heterocycles. The lowest BCUT2D eigenvalue weighted by atomic mass is 9.99. The summed E-state index contributed by atoms with van der Waals surface area (Å²) >= 11 is 5.00. The number of fused-ring (bicyclic) bond motifs is 4. The van der Waals surface area contributed by atoms with Crippen LogP contribution in [0.1, 0.15) is 81.4 Å². The number of halogens is 1. The van der Waals surface area contributed by atoms with Gasteiger partial charge < -0.3 is 14.9 Å². The summed E-state index contributed by atoms with van der Waals surface area (Å²) in [6.07, 6.45) is 12.0. The Morgan fingerprint density at radius 1 is 0.808 bits per heavy atom. The minimum absolute atomic E-state index is 0.173. The van der Waals surface area contributed by atoms with Crippen LogP contribution in [0.4, 0.5) is 0 Å². The molecule has 3 aromatic rings. The first-order chi connectivity index (χ1) is 25.1. The molecule has 2 saturated heterocycles. The van der Waals surface area contributed by atoms with Crippen LogP contribution in [0.3, 0.4) is 0 Å². The van der Waals surface area contributed by atoms with Gasteiger partial charge >= 0.3 is 34.7 Å². The Labute approximate surface area is 311 Å². The van der Waals surface area contributed by atoms with Crippen LogP contribution in [0.25, 0.3) is 0 Å². The van der Waals surface area contributed by atoms with E-state index in [4.69, 9.17) is 24.5 Å². The first kappa shape index (κ1) is 39.5. The Hall–Kier alpha value is -3.74. The zero-order valence-corrected chi connectivity index (χ0v) is 31.5. The molecule has 7 rings (SSSR count). The van der Waals surface area contributed by atoms with Gasteiger partial charge in [-0.3, -0.25) is 14.0 Å². The highest BCUT2D eigenvalue weighted by atomic mass is 79.9. The van der Waals surface area contributed by atoms with E-state index >= 15 is 0 Å². The fraction of sp³-hybridized carbons (Fsp3) is 0.647. The Bertz CT molecular complexity index is 1900. The second kappa shape index (κ2) is 18.8. The van der Waals surface area contributed by atoms with Gasteiger partial charge in [0.25, 0.3) is 0 Å². The van der Waals surface area contributed by atoms with Gasteiger partial charge in [-0.15, -0.1) is 0 Å². The van der Waals surface area contributed by atoms with Gasteiger partial charge in [0, 0.05) is 63.0 Å². The van der Waals surface area contributed by atoms with Crippen molar-refractivity contribution in [2.45, 2.75) is 128 Å². The number of carboxylic acid groups (broad SMARTS) is 2. The van der Waals surface area contributed by atoms with Gasteiger partial charge in [-0.25, -0.2) is 37.9 Å².